The molecule has 40 nitrogen and oxygen atoms in total. The SMILES string of the molecule is CCN(c1ccccc1)S(=O)(=O)c1ccc(OC)cc1N=Nc1c(N)[nH]n(-c2ccccc2)c1=O.COc1ccc(S(=O)(=O)NC2CCCCC2)c(N=Nc2c(N)[nH]n(-c3ccccc3)c2=O)c1.COc1ccc(S(=O)(=O)Nc2cccc(CO)c2)c(N=Nc2c(N)[nH]n(-c3ccccc3)c2=O)c1.Nc1[nH]n(-c2ccccc2)c(=O)c1N=Nc1ccccc1S(=O)(=O)NC1CCCCC1. The molecule has 2 saturated carbocycles. The predicted octanol–water partition coefficient (Wildman–Crippen LogP) is 15.4. The third-order valence-corrected chi connectivity index (χ3v) is 27.5. The number of nitrogens with zero attached hydrogens (tertiary/aromatic N) is 13. The summed E-state index contributed by atoms with van der Waals surface area (Å²) in [7, 11) is -11.4. The number of methoxy groups -OCH3 is 3. The number of azo groups is 4. The minimum absolute atomic E-state index is 0.00462. The molecule has 4 heterocycles. The molecule has 2 aliphatic carbocycles. The molecule has 0 bridgehead atoms. The van der Waals surface area contributed by atoms with E-state index in [-0.39, 0.29) is 119 Å². The van der Waals surface area contributed by atoms with Crippen LogP contribution in [0.25, 0.3) is 22.7 Å². The Labute approximate surface area is 769 Å². The van der Waals surface area contributed by atoms with Crippen LogP contribution in [-0.2, 0) is 46.7 Å². The monoisotopic (exact) mass is 1900 g/mol. The lowest BCUT2D eigenvalue weighted by molar-refractivity contribution is 0.282. The second-order valence-electron chi connectivity index (χ2n) is 30.1. The Balaban J connectivity index is 0.000000152. The highest BCUT2D eigenvalue weighted by Gasteiger charge is 2.31. The Hall–Kier alpha value is -15.5. The van der Waals surface area contributed by atoms with Crippen molar-refractivity contribution in [2.75, 3.05) is 59.8 Å². The first kappa shape index (κ1) is 96.1. The largest absolute Gasteiger partial charge is 0.497 e. The van der Waals surface area contributed by atoms with Crippen LogP contribution in [0.4, 0.5) is 80.1 Å². The molecule has 44 heteroatoms. The summed E-state index contributed by atoms with van der Waals surface area (Å²) in [5, 5.41) is 52.6. The Morgan fingerprint density at radius 3 is 1.03 bits per heavy atom. The van der Waals surface area contributed by atoms with Crippen LogP contribution < -0.4 is 77.9 Å². The fourth-order valence-electron chi connectivity index (χ4n) is 14.3. The van der Waals surface area contributed by atoms with Crippen molar-refractivity contribution in [3.8, 4) is 40.0 Å². The maximum atomic E-state index is 13.6. The van der Waals surface area contributed by atoms with Crippen molar-refractivity contribution >= 4 is 120 Å². The van der Waals surface area contributed by atoms with Crippen molar-refractivity contribution in [1.29, 1.82) is 0 Å². The number of nitrogens with two attached hydrogens (primary N) is 4. The van der Waals surface area contributed by atoms with Gasteiger partial charge in [-0.15, -0.1) is 40.9 Å². The van der Waals surface area contributed by atoms with E-state index in [1.807, 2.05) is 18.2 Å². The number of sulfonamides is 4. The van der Waals surface area contributed by atoms with Crippen molar-refractivity contribution in [3.63, 3.8) is 0 Å². The van der Waals surface area contributed by atoms with E-state index in [9.17, 15) is 58.0 Å². The molecule has 2 aliphatic rings. The normalized spacial score (nSPS) is 13.4. The summed E-state index contributed by atoms with van der Waals surface area (Å²) in [6.07, 6.45) is 9.47. The van der Waals surface area contributed by atoms with Gasteiger partial charge in [0.2, 0.25) is 20.0 Å². The molecule has 0 amide bonds. The summed E-state index contributed by atoms with van der Waals surface area (Å²) in [5.74, 6) is 1.14. The van der Waals surface area contributed by atoms with Crippen molar-refractivity contribution in [3.05, 3.63) is 302 Å². The number of H-pyrrole nitrogens is 4. The average molecular weight is 1900 g/mol. The van der Waals surface area contributed by atoms with Crippen LogP contribution in [0.2, 0.25) is 0 Å². The molecular formula is C90H96N24O16S4. The van der Waals surface area contributed by atoms with E-state index in [4.69, 9.17) is 37.1 Å². The van der Waals surface area contributed by atoms with Crippen molar-refractivity contribution in [1.82, 2.24) is 48.6 Å². The van der Waals surface area contributed by atoms with Crippen LogP contribution in [-0.4, -0.2) is 118 Å². The maximum Gasteiger partial charge on any atom is 0.301 e. The number of aliphatic hydroxyl groups is 1. The molecule has 0 saturated heterocycles. The van der Waals surface area contributed by atoms with Crippen LogP contribution in [0.15, 0.2) is 334 Å². The zero-order valence-electron chi connectivity index (χ0n) is 72.7. The number of benzene rings is 10. The quantitative estimate of drug-likeness (QED) is 0.0194. The summed E-state index contributed by atoms with van der Waals surface area (Å²) in [4.78, 5) is 51.0. The maximum absolute atomic E-state index is 13.6. The zero-order chi connectivity index (χ0) is 95.3. The molecule has 0 atom stereocenters. The number of aromatic amines is 4. The first-order valence-electron chi connectivity index (χ1n) is 41.8. The molecule has 0 aliphatic heterocycles. The number of anilines is 6. The summed E-state index contributed by atoms with van der Waals surface area (Å²) in [6, 6.07) is 69.5. The van der Waals surface area contributed by atoms with Gasteiger partial charge in [0.05, 0.1) is 56.4 Å². The van der Waals surface area contributed by atoms with Crippen LogP contribution in [0.1, 0.15) is 76.7 Å². The van der Waals surface area contributed by atoms with Gasteiger partial charge in [0.1, 0.15) is 82.9 Å². The average Bonchev–Trinajstić information content (AvgIpc) is 1.06. The molecule has 0 spiro atoms. The number of nitrogens with one attached hydrogen (secondary N) is 7. The highest BCUT2D eigenvalue weighted by atomic mass is 32.2. The third kappa shape index (κ3) is 23.1. The fraction of sp³-hybridized carbons (Fsp3) is 0.200. The lowest BCUT2D eigenvalue weighted by Crippen LogP contribution is -2.36. The minimum atomic E-state index is -4.12. The molecule has 16 rings (SSSR count). The Morgan fingerprint density at radius 1 is 0.366 bits per heavy atom. The number of ether oxygens (including phenoxy) is 3. The van der Waals surface area contributed by atoms with Crippen LogP contribution in [0.3, 0.4) is 0 Å². The molecular weight excluding hydrogens is 1800 g/mol. The molecule has 14 aromatic rings. The second kappa shape index (κ2) is 43.5. The number of aromatic nitrogens is 8. The first-order valence-corrected chi connectivity index (χ1v) is 47.7. The van der Waals surface area contributed by atoms with E-state index in [1.54, 1.807) is 177 Å². The highest BCUT2D eigenvalue weighted by Crippen LogP contribution is 2.39. The lowest BCUT2D eigenvalue weighted by atomic mass is 9.96. The summed E-state index contributed by atoms with van der Waals surface area (Å²) in [6.45, 7) is 1.69. The minimum Gasteiger partial charge on any atom is -0.497 e. The van der Waals surface area contributed by atoms with E-state index < -0.39 is 62.3 Å². The zero-order valence-corrected chi connectivity index (χ0v) is 76.0. The van der Waals surface area contributed by atoms with E-state index in [2.05, 4.69) is 75.5 Å². The molecule has 696 valence electrons. The molecule has 10 aromatic carbocycles. The smallest absolute Gasteiger partial charge is 0.301 e. The van der Waals surface area contributed by atoms with Gasteiger partial charge in [-0.05, 0) is 159 Å². The van der Waals surface area contributed by atoms with Gasteiger partial charge in [0.25, 0.3) is 20.0 Å². The van der Waals surface area contributed by atoms with Crippen molar-refractivity contribution < 1.29 is 53.0 Å². The van der Waals surface area contributed by atoms with Crippen molar-refractivity contribution in [2.24, 2.45) is 40.9 Å². The summed E-state index contributed by atoms with van der Waals surface area (Å²) >= 11 is 0. The summed E-state index contributed by atoms with van der Waals surface area (Å²) < 4.78 is 135. The number of para-hydroxylation sites is 5. The summed E-state index contributed by atoms with van der Waals surface area (Å²) in [5.41, 5.74) is 25.0. The fourth-order valence-corrected chi connectivity index (χ4v) is 19.9. The topological polar surface area (TPSA) is 578 Å². The first-order chi connectivity index (χ1) is 64.5. The van der Waals surface area contributed by atoms with E-state index >= 15 is 0 Å². The van der Waals surface area contributed by atoms with E-state index in [0.29, 0.717) is 51.2 Å². The van der Waals surface area contributed by atoms with E-state index in [1.165, 1.54) is 111 Å². The van der Waals surface area contributed by atoms with Crippen LogP contribution in [0.5, 0.6) is 17.2 Å². The van der Waals surface area contributed by atoms with Gasteiger partial charge >= 0.3 is 22.2 Å². The number of nitrogen functional groups attached to an aromatic ring is 4. The number of hydrogen-bond donors (Lipinski definition) is 12. The highest BCUT2D eigenvalue weighted by molar-refractivity contribution is 7.93. The number of aliphatic hydroxyl groups excluding tert-OH is 1. The predicted molar refractivity (Wildman–Crippen MR) is 510 cm³/mol. The second-order valence-corrected chi connectivity index (χ2v) is 36.9. The van der Waals surface area contributed by atoms with Gasteiger partial charge in [-0.25, -0.2) is 61.8 Å². The van der Waals surface area contributed by atoms with Gasteiger partial charge < -0.3 is 42.3 Å². The molecule has 2 fully saturated rings. The number of rotatable bonds is 29. The lowest BCUT2D eigenvalue weighted by Gasteiger charge is -2.23. The van der Waals surface area contributed by atoms with Gasteiger partial charge in [0, 0.05) is 42.5 Å². The molecule has 16 N–H and O–H groups in total. The standard InChI is InChI=1S/C24H24N6O4S.C23H22N6O5S.C22H26N6O4S.C21H24N6O3S/c1-3-29(17-10-6-4-7-11-17)35(32,33)21-15-14-19(34-2)16-20(21)26-27-22-23(25)28-30(24(22)31)18-12-8-5-9-13-18;1-34-18-10-11-20(35(32,33)28-16-7-5-6-15(12-16)14-30)19(13-18)25-26-21-22(24)27-29(23(21)31)17-8-3-2-4-9-17;1-32-17-12-13-19(33(30,31)27-15-8-4-2-5-9-15)18(14-17)24-25-20-21(23)26-28(22(20)29)16-10-6-3-7-11-16;22-20-19(21(28)27(25-20)16-11-5-2-6-12-16)24-23-17-13-7-8-14-18(17)31(29,30)26-15-9-3-1-4-10-15/h4-16,28H,3,25H2,1-2H3;2-13,27-28,30H,14,24H2,1H3;3,6-7,10-15,26-27H,2,4-5,8-9,23H2,1H3;2,5-8,11-15,25-26H,1,3-4,9-10,22H2. The van der Waals surface area contributed by atoms with Gasteiger partial charge in [-0.2, -0.15) is 0 Å². The van der Waals surface area contributed by atoms with Gasteiger partial charge in [-0.3, -0.25) is 48.6 Å². The van der Waals surface area contributed by atoms with Crippen LogP contribution in [0, 0.1) is 0 Å². The Bertz CT molecular complexity index is 7340. The van der Waals surface area contributed by atoms with Crippen molar-refractivity contribution in [2.45, 2.75) is 109 Å². The van der Waals surface area contributed by atoms with E-state index in [0.717, 1.165) is 64.2 Å². The molecule has 0 unspecified atom stereocenters. The van der Waals surface area contributed by atoms with Crippen LogP contribution >= 0.6 is 0 Å². The Kier molecular flexibility index (Phi) is 31.2. The molecule has 4 aromatic heterocycles. The van der Waals surface area contributed by atoms with Gasteiger partial charge in [0.15, 0.2) is 22.7 Å². The van der Waals surface area contributed by atoms with Gasteiger partial charge in [-0.1, -0.05) is 154 Å². The number of hydrogen-bond acceptors (Lipinski definition) is 28. The molecule has 0 radical (unpaired) electrons. The molecule has 134 heavy (non-hydrogen) atoms. The third-order valence-electron chi connectivity index (χ3n) is 21.0. The Morgan fingerprint density at radius 2 is 0.679 bits per heavy atom.